The second-order valence-electron chi connectivity index (χ2n) is 5.41. The van der Waals surface area contributed by atoms with E-state index in [0.717, 1.165) is 16.7 Å². The average Bonchev–Trinajstić information content (AvgIpc) is 3.17. The summed E-state index contributed by atoms with van der Waals surface area (Å²) in [5, 5.41) is 11.7. The third-order valence-electron chi connectivity index (χ3n) is 3.70. The number of carbonyl (C=O) groups is 1. The molecule has 1 heterocycles. The first-order valence-electron chi connectivity index (χ1n) is 7.71. The Morgan fingerprint density at radius 3 is 2.72 bits per heavy atom. The highest BCUT2D eigenvalue weighted by Gasteiger charge is 2.16. The van der Waals surface area contributed by atoms with Gasteiger partial charge in [-0.3, -0.25) is 4.84 Å². The molecule has 0 fully saturated rings. The molecular weight excluding hydrogens is 320 g/mol. The topological polar surface area (TPSA) is 80.5 Å². The Labute approximate surface area is 145 Å². The first kappa shape index (κ1) is 16.7. The van der Waals surface area contributed by atoms with Crippen LogP contribution in [-0.4, -0.2) is 28.4 Å². The highest BCUT2D eigenvalue weighted by Crippen LogP contribution is 2.24. The maximum absolute atomic E-state index is 12.5. The van der Waals surface area contributed by atoms with Crippen LogP contribution >= 0.6 is 0 Å². The zero-order valence-corrected chi connectivity index (χ0v) is 14.0. The third-order valence-corrected chi connectivity index (χ3v) is 3.70. The summed E-state index contributed by atoms with van der Waals surface area (Å²) >= 11 is 0. The molecule has 0 radical (unpaired) electrons. The molecule has 1 aromatic heterocycles. The van der Waals surface area contributed by atoms with Crippen LogP contribution in [-0.2, 0) is 11.4 Å². The van der Waals surface area contributed by atoms with E-state index < -0.39 is 0 Å². The summed E-state index contributed by atoms with van der Waals surface area (Å²) in [4.78, 5) is 17.7. The van der Waals surface area contributed by atoms with Gasteiger partial charge in [-0.25, -0.2) is 4.79 Å². The van der Waals surface area contributed by atoms with Gasteiger partial charge >= 0.3 is 6.03 Å². The van der Waals surface area contributed by atoms with Gasteiger partial charge in [-0.05, 0) is 30.2 Å². The molecule has 7 nitrogen and oxygen atoms in total. The fourth-order valence-corrected chi connectivity index (χ4v) is 2.33. The molecule has 0 unspecified atom stereocenters. The molecule has 25 heavy (non-hydrogen) atoms. The number of benzene rings is 2. The van der Waals surface area contributed by atoms with E-state index in [1.807, 2.05) is 49.4 Å². The van der Waals surface area contributed by atoms with E-state index in [0.29, 0.717) is 18.1 Å². The van der Waals surface area contributed by atoms with Crippen molar-refractivity contribution in [2.24, 2.45) is 0 Å². The van der Waals surface area contributed by atoms with Crippen LogP contribution in [0.3, 0.4) is 0 Å². The Morgan fingerprint density at radius 2 is 2.04 bits per heavy atom. The summed E-state index contributed by atoms with van der Waals surface area (Å²) in [5.74, 6) is 0.392. The summed E-state index contributed by atoms with van der Waals surface area (Å²) < 4.78 is 5.20. The number of nitrogens with zero attached hydrogens (tertiary/aromatic N) is 3. The molecule has 0 aliphatic rings. The van der Waals surface area contributed by atoms with E-state index in [2.05, 4.69) is 15.5 Å². The van der Waals surface area contributed by atoms with Gasteiger partial charge in [0.2, 0.25) is 12.3 Å². The number of rotatable bonds is 5. The number of amides is 2. The SMILES string of the molecule is CON(Cc1ccccc1)C(=O)Nc1cc(-c2nnco2)ccc1C. The quantitative estimate of drug-likeness (QED) is 0.718. The Morgan fingerprint density at radius 1 is 1.24 bits per heavy atom. The van der Waals surface area contributed by atoms with Gasteiger partial charge in [-0.15, -0.1) is 10.2 Å². The number of hydroxylamine groups is 2. The molecule has 1 N–H and O–H groups in total. The Balaban J connectivity index is 1.76. The number of carbonyl (C=O) groups excluding carboxylic acids is 1. The summed E-state index contributed by atoms with van der Waals surface area (Å²) in [6.07, 6.45) is 1.26. The molecule has 0 atom stereocenters. The maximum atomic E-state index is 12.5. The third kappa shape index (κ3) is 4.02. The van der Waals surface area contributed by atoms with Gasteiger partial charge in [0.25, 0.3) is 0 Å². The first-order chi connectivity index (χ1) is 12.2. The number of nitrogens with one attached hydrogen (secondary N) is 1. The Hall–Kier alpha value is -3.19. The molecule has 7 heteroatoms. The molecule has 0 aliphatic carbocycles. The van der Waals surface area contributed by atoms with Crippen molar-refractivity contribution in [1.29, 1.82) is 0 Å². The van der Waals surface area contributed by atoms with Gasteiger partial charge in [0, 0.05) is 11.3 Å². The van der Waals surface area contributed by atoms with Crippen molar-refractivity contribution in [3.05, 3.63) is 66.1 Å². The van der Waals surface area contributed by atoms with Crippen molar-refractivity contribution in [3.8, 4) is 11.5 Å². The zero-order valence-electron chi connectivity index (χ0n) is 14.0. The number of urea groups is 1. The molecule has 128 valence electrons. The number of aryl methyl sites for hydroxylation is 1. The number of anilines is 1. The summed E-state index contributed by atoms with van der Waals surface area (Å²) in [5.41, 5.74) is 3.25. The van der Waals surface area contributed by atoms with E-state index in [-0.39, 0.29) is 6.03 Å². The van der Waals surface area contributed by atoms with Crippen LogP contribution in [0.25, 0.3) is 11.5 Å². The largest absolute Gasteiger partial charge is 0.423 e. The minimum atomic E-state index is -0.364. The number of aromatic nitrogens is 2. The van der Waals surface area contributed by atoms with Gasteiger partial charge in [-0.1, -0.05) is 36.4 Å². The predicted octanol–water partition coefficient (Wildman–Crippen LogP) is 3.64. The van der Waals surface area contributed by atoms with Crippen LogP contribution in [0.1, 0.15) is 11.1 Å². The number of hydrogen-bond acceptors (Lipinski definition) is 5. The predicted molar refractivity (Wildman–Crippen MR) is 92.5 cm³/mol. The summed E-state index contributed by atoms with van der Waals surface area (Å²) in [6.45, 7) is 2.24. The second kappa shape index (κ2) is 7.59. The van der Waals surface area contributed by atoms with Crippen molar-refractivity contribution in [2.75, 3.05) is 12.4 Å². The van der Waals surface area contributed by atoms with E-state index >= 15 is 0 Å². The van der Waals surface area contributed by atoms with Crippen LogP contribution in [0.4, 0.5) is 10.5 Å². The van der Waals surface area contributed by atoms with Crippen molar-refractivity contribution < 1.29 is 14.0 Å². The summed E-state index contributed by atoms with van der Waals surface area (Å²) in [7, 11) is 1.46. The fourth-order valence-electron chi connectivity index (χ4n) is 2.33. The van der Waals surface area contributed by atoms with E-state index in [1.54, 1.807) is 6.07 Å². The minimum Gasteiger partial charge on any atom is -0.423 e. The standard InChI is InChI=1S/C18H18N4O3/c1-13-8-9-15(17-21-19-12-25-17)10-16(13)20-18(23)22(24-2)11-14-6-4-3-5-7-14/h3-10,12H,11H2,1-2H3,(H,20,23). The lowest BCUT2D eigenvalue weighted by atomic mass is 10.1. The fraction of sp³-hybridized carbons (Fsp3) is 0.167. The lowest BCUT2D eigenvalue weighted by Crippen LogP contribution is -2.33. The van der Waals surface area contributed by atoms with Crippen molar-refractivity contribution in [2.45, 2.75) is 13.5 Å². The summed E-state index contributed by atoms with van der Waals surface area (Å²) in [6, 6.07) is 14.8. The van der Waals surface area contributed by atoms with Crippen molar-refractivity contribution in [1.82, 2.24) is 15.3 Å². The number of hydrogen-bond donors (Lipinski definition) is 1. The lowest BCUT2D eigenvalue weighted by Gasteiger charge is -2.21. The van der Waals surface area contributed by atoms with Crippen molar-refractivity contribution >= 4 is 11.7 Å². The van der Waals surface area contributed by atoms with Gasteiger partial charge in [0.05, 0.1) is 13.7 Å². The highest BCUT2D eigenvalue weighted by atomic mass is 16.7. The molecule has 3 rings (SSSR count). The van der Waals surface area contributed by atoms with E-state index in [9.17, 15) is 4.79 Å². The van der Waals surface area contributed by atoms with Crippen LogP contribution < -0.4 is 5.32 Å². The molecule has 3 aromatic rings. The smallest absolute Gasteiger partial charge is 0.346 e. The first-order valence-corrected chi connectivity index (χ1v) is 7.71. The van der Waals surface area contributed by atoms with Crippen molar-refractivity contribution in [3.63, 3.8) is 0 Å². The Kier molecular flexibility index (Phi) is 5.06. The Bertz CT molecular complexity index is 835. The molecule has 0 bridgehead atoms. The van der Waals surface area contributed by atoms with Crippen LogP contribution in [0.2, 0.25) is 0 Å². The van der Waals surface area contributed by atoms with Gasteiger partial charge in [0.1, 0.15) is 0 Å². The molecule has 0 saturated heterocycles. The maximum Gasteiger partial charge on any atom is 0.346 e. The highest BCUT2D eigenvalue weighted by molar-refractivity contribution is 5.90. The van der Waals surface area contributed by atoms with E-state index in [4.69, 9.17) is 9.25 Å². The lowest BCUT2D eigenvalue weighted by molar-refractivity contribution is -0.0886. The minimum absolute atomic E-state index is 0.339. The monoisotopic (exact) mass is 338 g/mol. The van der Waals surface area contributed by atoms with Crippen LogP contribution in [0, 0.1) is 6.92 Å². The van der Waals surface area contributed by atoms with Crippen LogP contribution in [0.15, 0.2) is 59.3 Å². The second-order valence-corrected chi connectivity index (χ2v) is 5.41. The molecule has 2 aromatic carbocycles. The van der Waals surface area contributed by atoms with Gasteiger partial charge in [-0.2, -0.15) is 5.06 Å². The van der Waals surface area contributed by atoms with Crippen LogP contribution in [0.5, 0.6) is 0 Å². The molecule has 0 saturated carbocycles. The molecular formula is C18H18N4O3. The zero-order chi connectivity index (χ0) is 17.6. The van der Waals surface area contributed by atoms with Gasteiger partial charge in [0.15, 0.2) is 0 Å². The van der Waals surface area contributed by atoms with Gasteiger partial charge < -0.3 is 9.73 Å². The molecule has 0 spiro atoms. The average molecular weight is 338 g/mol. The normalized spacial score (nSPS) is 10.5. The molecule has 0 aliphatic heterocycles. The molecule has 2 amide bonds. The van der Waals surface area contributed by atoms with E-state index in [1.165, 1.54) is 18.6 Å².